The van der Waals surface area contributed by atoms with Crippen LogP contribution >= 0.6 is 0 Å². The van der Waals surface area contributed by atoms with Crippen molar-refractivity contribution in [3.05, 3.63) is 53.7 Å². The molecule has 4 heterocycles. The molecular weight excluding hydrogens is 370 g/mol. The summed E-state index contributed by atoms with van der Waals surface area (Å²) >= 11 is 0. The number of carbonyl (C=O) groups excluding carboxylic acids is 1. The van der Waals surface area contributed by atoms with E-state index in [1.807, 2.05) is 36.2 Å². The van der Waals surface area contributed by atoms with Crippen molar-refractivity contribution < 1.29 is 14.4 Å². The van der Waals surface area contributed by atoms with Crippen molar-refractivity contribution in [2.45, 2.75) is 45.2 Å². The molecule has 1 aliphatic rings. The van der Waals surface area contributed by atoms with E-state index in [9.17, 15) is 9.90 Å². The van der Waals surface area contributed by atoms with E-state index in [0.717, 1.165) is 41.8 Å². The second-order valence-corrected chi connectivity index (χ2v) is 7.38. The van der Waals surface area contributed by atoms with Gasteiger partial charge in [0.05, 0.1) is 42.6 Å². The van der Waals surface area contributed by atoms with Crippen LogP contribution in [0.1, 0.15) is 42.3 Å². The maximum absolute atomic E-state index is 13.1. The van der Waals surface area contributed by atoms with Gasteiger partial charge in [-0.2, -0.15) is 5.10 Å². The highest BCUT2D eigenvalue weighted by atomic mass is 16.5. The summed E-state index contributed by atoms with van der Waals surface area (Å²) < 4.78 is 7.20. The number of hydrogen-bond acceptors (Lipinski definition) is 6. The molecule has 0 spiro atoms. The van der Waals surface area contributed by atoms with Crippen LogP contribution in [0.5, 0.6) is 0 Å². The molecule has 1 fully saturated rings. The number of aliphatic hydroxyl groups excluding tert-OH is 1. The predicted molar refractivity (Wildman–Crippen MR) is 106 cm³/mol. The van der Waals surface area contributed by atoms with E-state index < -0.39 is 0 Å². The van der Waals surface area contributed by atoms with Crippen LogP contribution in [0.25, 0.3) is 11.3 Å². The summed E-state index contributed by atoms with van der Waals surface area (Å²) in [4.78, 5) is 19.2. The van der Waals surface area contributed by atoms with Gasteiger partial charge in [0.2, 0.25) is 5.91 Å². The number of carbonyl (C=O) groups is 1. The minimum Gasteiger partial charge on any atom is -0.394 e. The van der Waals surface area contributed by atoms with Crippen molar-refractivity contribution in [1.82, 2.24) is 24.8 Å². The number of aromatic nitrogens is 4. The van der Waals surface area contributed by atoms with Crippen LogP contribution in [0.3, 0.4) is 0 Å². The van der Waals surface area contributed by atoms with Crippen LogP contribution < -0.4 is 0 Å². The maximum atomic E-state index is 13.1. The number of aliphatic hydroxyl groups is 1. The van der Waals surface area contributed by atoms with Crippen molar-refractivity contribution in [2.24, 2.45) is 0 Å². The fourth-order valence-corrected chi connectivity index (χ4v) is 3.87. The molecule has 8 nitrogen and oxygen atoms in total. The first-order valence-electron chi connectivity index (χ1n) is 9.96. The maximum Gasteiger partial charge on any atom is 0.227 e. The van der Waals surface area contributed by atoms with Gasteiger partial charge in [-0.15, -0.1) is 0 Å². The number of pyridine rings is 1. The average Bonchev–Trinajstić information content (AvgIpc) is 3.35. The highest BCUT2D eigenvalue weighted by molar-refractivity contribution is 5.79. The Balaban J connectivity index is 1.66. The van der Waals surface area contributed by atoms with Crippen LogP contribution in [0.2, 0.25) is 0 Å². The number of nitrogens with zero attached hydrogens (tertiary/aromatic N) is 5. The molecule has 1 aliphatic heterocycles. The molecule has 1 atom stereocenters. The Bertz CT molecular complexity index is 966. The van der Waals surface area contributed by atoms with Gasteiger partial charge in [-0.05, 0) is 37.8 Å². The zero-order valence-electron chi connectivity index (χ0n) is 16.5. The normalized spacial score (nSPS) is 16.9. The summed E-state index contributed by atoms with van der Waals surface area (Å²) in [6, 6.07) is 5.50. The quantitative estimate of drug-likeness (QED) is 0.689. The van der Waals surface area contributed by atoms with Crippen LogP contribution in [0.15, 0.2) is 41.3 Å². The first-order chi connectivity index (χ1) is 14.2. The van der Waals surface area contributed by atoms with Gasteiger partial charge in [-0.25, -0.2) is 0 Å². The number of rotatable bonds is 6. The second-order valence-electron chi connectivity index (χ2n) is 7.38. The summed E-state index contributed by atoms with van der Waals surface area (Å²) in [6.07, 6.45) is 8.47. The van der Waals surface area contributed by atoms with E-state index in [4.69, 9.17) is 9.62 Å². The lowest BCUT2D eigenvalue weighted by Crippen LogP contribution is -2.39. The minimum absolute atomic E-state index is 0.00961. The second kappa shape index (κ2) is 8.57. The van der Waals surface area contributed by atoms with E-state index in [0.29, 0.717) is 25.3 Å². The smallest absolute Gasteiger partial charge is 0.227 e. The Labute approximate surface area is 169 Å². The van der Waals surface area contributed by atoms with E-state index in [1.165, 1.54) is 0 Å². The fourth-order valence-electron chi connectivity index (χ4n) is 3.87. The Kier molecular flexibility index (Phi) is 5.71. The largest absolute Gasteiger partial charge is 0.394 e. The summed E-state index contributed by atoms with van der Waals surface area (Å²) in [7, 11) is 0. The van der Waals surface area contributed by atoms with Gasteiger partial charge in [-0.3, -0.25) is 14.5 Å². The zero-order valence-corrected chi connectivity index (χ0v) is 16.5. The van der Waals surface area contributed by atoms with Crippen LogP contribution in [0, 0.1) is 6.92 Å². The van der Waals surface area contributed by atoms with Crippen LogP contribution in [-0.2, 0) is 17.8 Å². The Morgan fingerprint density at radius 3 is 3.00 bits per heavy atom. The third kappa shape index (κ3) is 4.22. The third-order valence-corrected chi connectivity index (χ3v) is 5.23. The molecule has 0 radical (unpaired) electrons. The van der Waals surface area contributed by atoms with Crippen molar-refractivity contribution in [1.29, 1.82) is 0 Å². The fraction of sp³-hybridized carbons (Fsp3) is 0.429. The van der Waals surface area contributed by atoms with E-state index >= 15 is 0 Å². The molecule has 1 N–H and O–H groups in total. The van der Waals surface area contributed by atoms with E-state index in [2.05, 4.69) is 10.1 Å². The number of aryl methyl sites for hydroxylation is 1. The molecule has 8 heteroatoms. The van der Waals surface area contributed by atoms with E-state index in [1.54, 1.807) is 17.1 Å². The summed E-state index contributed by atoms with van der Waals surface area (Å²) in [6.45, 7) is 2.95. The van der Waals surface area contributed by atoms with Gasteiger partial charge in [0.25, 0.3) is 0 Å². The third-order valence-electron chi connectivity index (χ3n) is 5.23. The number of hydrogen-bond donors (Lipinski definition) is 1. The van der Waals surface area contributed by atoms with E-state index in [-0.39, 0.29) is 18.6 Å². The van der Waals surface area contributed by atoms with Gasteiger partial charge in [0.1, 0.15) is 0 Å². The van der Waals surface area contributed by atoms with Gasteiger partial charge in [0.15, 0.2) is 5.76 Å². The van der Waals surface area contributed by atoms with Gasteiger partial charge in [0, 0.05) is 31.2 Å². The Morgan fingerprint density at radius 2 is 2.28 bits per heavy atom. The summed E-state index contributed by atoms with van der Waals surface area (Å²) in [5.74, 6) is 0.700. The van der Waals surface area contributed by atoms with Crippen LogP contribution in [0.4, 0.5) is 0 Å². The lowest BCUT2D eigenvalue weighted by Gasteiger charge is -2.35. The van der Waals surface area contributed by atoms with Crippen molar-refractivity contribution in [2.75, 3.05) is 13.2 Å². The van der Waals surface area contributed by atoms with Crippen molar-refractivity contribution in [3.63, 3.8) is 0 Å². The average molecular weight is 395 g/mol. The molecule has 4 rings (SSSR count). The number of piperidine rings is 1. The molecule has 1 saturated heterocycles. The Morgan fingerprint density at radius 1 is 1.38 bits per heavy atom. The standard InChI is InChI=1S/C21H25N5O3/c1-15-11-19(29-24-15)17-14-25(9-10-27)23-21(17)18-6-2-3-8-26(18)20(28)12-16-5-4-7-22-13-16/h4-5,7,11,13-14,18,27H,2-3,6,8-10,12H2,1H3/t18-/m1/s1. The molecule has 3 aromatic heterocycles. The highest BCUT2D eigenvalue weighted by Gasteiger charge is 2.32. The molecule has 0 unspecified atom stereocenters. The molecular formula is C21H25N5O3. The van der Waals surface area contributed by atoms with Gasteiger partial charge >= 0.3 is 0 Å². The molecule has 152 valence electrons. The lowest BCUT2D eigenvalue weighted by atomic mass is 9.95. The highest BCUT2D eigenvalue weighted by Crippen LogP contribution is 2.36. The number of amides is 1. The number of likely N-dealkylation sites (tertiary alicyclic amines) is 1. The van der Waals surface area contributed by atoms with Crippen molar-refractivity contribution in [3.8, 4) is 11.3 Å². The Hall–Kier alpha value is -3.00. The first-order valence-corrected chi connectivity index (χ1v) is 9.96. The van der Waals surface area contributed by atoms with Gasteiger partial charge < -0.3 is 14.5 Å². The molecule has 0 aliphatic carbocycles. The molecule has 0 aromatic carbocycles. The van der Waals surface area contributed by atoms with Gasteiger partial charge in [-0.1, -0.05) is 11.2 Å². The zero-order chi connectivity index (χ0) is 20.2. The lowest BCUT2D eigenvalue weighted by molar-refractivity contribution is -0.134. The minimum atomic E-state index is -0.131. The monoisotopic (exact) mass is 395 g/mol. The predicted octanol–water partition coefficient (Wildman–Crippen LogP) is 2.53. The summed E-state index contributed by atoms with van der Waals surface area (Å²) in [5.41, 5.74) is 3.31. The SMILES string of the molecule is Cc1cc(-c2cn(CCO)nc2[C@H]2CCCCN2C(=O)Cc2cccnc2)on1. The molecule has 0 bridgehead atoms. The first kappa shape index (κ1) is 19.3. The topological polar surface area (TPSA) is 97.3 Å². The van der Waals surface area contributed by atoms with Crippen molar-refractivity contribution >= 4 is 5.91 Å². The molecule has 29 heavy (non-hydrogen) atoms. The molecule has 0 saturated carbocycles. The molecule has 1 amide bonds. The summed E-state index contributed by atoms with van der Waals surface area (Å²) in [5, 5.41) is 18.0. The van der Waals surface area contributed by atoms with Crippen LogP contribution in [-0.4, -0.2) is 49.0 Å². The molecule has 3 aromatic rings.